The highest BCUT2D eigenvalue weighted by Crippen LogP contribution is 2.48. The molecule has 2 bridgehead atoms. The number of ether oxygens (including phenoxy) is 1. The fraction of sp³-hybridized carbons (Fsp3) is 0.213. The van der Waals surface area contributed by atoms with Gasteiger partial charge in [0, 0.05) is 23.7 Å². The van der Waals surface area contributed by atoms with Crippen LogP contribution in [-0.4, -0.2) is 43.6 Å². The van der Waals surface area contributed by atoms with Crippen molar-refractivity contribution in [1.29, 1.82) is 0 Å². The van der Waals surface area contributed by atoms with Gasteiger partial charge in [-0.05, 0) is 66.3 Å². The lowest BCUT2D eigenvalue weighted by Crippen LogP contribution is -2.51. The minimum absolute atomic E-state index is 0.145. The van der Waals surface area contributed by atoms with Crippen molar-refractivity contribution in [1.82, 2.24) is 24.5 Å². The third-order valence-electron chi connectivity index (χ3n) is 12.1. The van der Waals surface area contributed by atoms with Crippen LogP contribution >= 0.6 is 11.6 Å². The summed E-state index contributed by atoms with van der Waals surface area (Å²) >= 11 is 6.69. The molecule has 4 heterocycles. The molecule has 3 aliphatic rings. The molecule has 0 amide bonds. The predicted molar refractivity (Wildman–Crippen MR) is 222 cm³/mol. The lowest BCUT2D eigenvalue weighted by molar-refractivity contribution is -0.152. The molecule has 11 rings (SSSR count). The van der Waals surface area contributed by atoms with Gasteiger partial charge in [-0.15, -0.1) is 0 Å². The largest absolute Gasteiger partial charge is 0.469 e. The topological polar surface area (TPSA) is 108 Å². The summed E-state index contributed by atoms with van der Waals surface area (Å²) in [6.45, 7) is 0. The minimum atomic E-state index is -0.894. The van der Waals surface area contributed by atoms with Crippen LogP contribution in [-0.2, 0) is 15.1 Å². The van der Waals surface area contributed by atoms with Crippen molar-refractivity contribution < 1.29 is 13.9 Å². The van der Waals surface area contributed by atoms with Crippen LogP contribution in [0, 0.1) is 17.8 Å². The molecule has 10 heteroatoms. The maximum Gasteiger partial charge on any atom is 0.311 e. The molecule has 1 N–H and O–H groups in total. The number of fused-ring (bicyclic) bond motifs is 5. The van der Waals surface area contributed by atoms with Gasteiger partial charge in [-0.2, -0.15) is 0 Å². The number of para-hydroxylation sites is 1. The van der Waals surface area contributed by atoms with Crippen LogP contribution < -0.4 is 5.32 Å². The van der Waals surface area contributed by atoms with Gasteiger partial charge < -0.3 is 19.0 Å². The second-order valence-corrected chi connectivity index (χ2v) is 15.5. The average Bonchev–Trinajstić information content (AvgIpc) is 3.88. The second kappa shape index (κ2) is 14.3. The third kappa shape index (κ3) is 5.96. The van der Waals surface area contributed by atoms with Crippen molar-refractivity contribution in [3.8, 4) is 22.8 Å². The summed E-state index contributed by atoms with van der Waals surface area (Å²) in [5.41, 5.74) is 5.34. The minimum Gasteiger partial charge on any atom is -0.469 e. The number of halogens is 1. The van der Waals surface area contributed by atoms with Gasteiger partial charge in [0.05, 0.1) is 24.8 Å². The fourth-order valence-corrected chi connectivity index (χ4v) is 9.66. The quantitative estimate of drug-likeness (QED) is 0.114. The highest BCUT2D eigenvalue weighted by Gasteiger charge is 2.48. The fourth-order valence-electron chi connectivity index (χ4n) is 9.52. The number of aromatic nitrogens is 5. The molecule has 3 fully saturated rings. The molecule has 2 atom stereocenters. The number of hydrogen-bond donors (Lipinski definition) is 1. The predicted octanol–water partition coefficient (Wildman–Crippen LogP) is 10.2. The number of carbonyl (C=O) groups is 1. The smallest absolute Gasteiger partial charge is 0.311 e. The Morgan fingerprint density at radius 2 is 1.40 bits per heavy atom. The van der Waals surface area contributed by atoms with E-state index in [9.17, 15) is 4.79 Å². The number of nitrogens with one attached hydrogen (secondary N) is 1. The summed E-state index contributed by atoms with van der Waals surface area (Å²) in [6.07, 6.45) is 7.77. The van der Waals surface area contributed by atoms with E-state index in [-0.39, 0.29) is 29.0 Å². The van der Waals surface area contributed by atoms with E-state index in [4.69, 9.17) is 40.7 Å². The molecular formula is C47H39ClN6O3. The number of methoxy groups -OCH3 is 1. The third-order valence-corrected chi connectivity index (χ3v) is 12.2. The number of hydrogen-bond acceptors (Lipinski definition) is 8. The summed E-state index contributed by atoms with van der Waals surface area (Å²) in [5, 5.41) is 4.95. The van der Waals surface area contributed by atoms with Crippen LogP contribution in [0.3, 0.4) is 0 Å². The van der Waals surface area contributed by atoms with E-state index < -0.39 is 5.54 Å². The van der Waals surface area contributed by atoms with E-state index in [0.717, 1.165) is 53.3 Å². The van der Waals surface area contributed by atoms with Crippen LogP contribution in [0.5, 0.6) is 0 Å². The Balaban J connectivity index is 1.23. The number of benzene rings is 4. The first-order chi connectivity index (χ1) is 28.0. The Labute approximate surface area is 334 Å². The Hall–Kier alpha value is -6.32. The highest BCUT2D eigenvalue weighted by atomic mass is 35.5. The van der Waals surface area contributed by atoms with Crippen LogP contribution in [0.1, 0.15) is 42.4 Å². The molecule has 282 valence electrons. The van der Waals surface area contributed by atoms with Gasteiger partial charge in [0.15, 0.2) is 17.2 Å². The molecule has 0 saturated heterocycles. The van der Waals surface area contributed by atoms with Crippen molar-refractivity contribution in [2.75, 3.05) is 12.4 Å². The Bertz CT molecular complexity index is 2600. The van der Waals surface area contributed by atoms with E-state index >= 15 is 0 Å². The zero-order valence-corrected chi connectivity index (χ0v) is 32.0. The molecule has 4 aromatic heterocycles. The molecule has 57 heavy (non-hydrogen) atoms. The van der Waals surface area contributed by atoms with Gasteiger partial charge in [-0.1, -0.05) is 121 Å². The summed E-state index contributed by atoms with van der Waals surface area (Å²) < 4.78 is 14.0. The summed E-state index contributed by atoms with van der Waals surface area (Å²) in [4.78, 5) is 33.7. The monoisotopic (exact) mass is 770 g/mol. The molecule has 0 spiro atoms. The van der Waals surface area contributed by atoms with E-state index in [0.29, 0.717) is 45.7 Å². The summed E-state index contributed by atoms with van der Waals surface area (Å²) in [7, 11) is 1.48. The SMILES string of the molecule is COC(=O)C1C2CCC(CC2)C1Nc1cc(-c2cc3ccccc3o2)nc(-c2cn(C(c3ccccc3)(c3ccccc3)c3ccccc3)c3ncc(Cl)nc23)n1. The Kier molecular flexibility index (Phi) is 8.82. The molecular weight excluding hydrogens is 732 g/mol. The van der Waals surface area contributed by atoms with Crippen molar-refractivity contribution in [2.45, 2.75) is 37.3 Å². The maximum atomic E-state index is 13.3. The second-order valence-electron chi connectivity index (χ2n) is 15.1. The van der Waals surface area contributed by atoms with E-state index in [1.807, 2.05) is 54.6 Å². The van der Waals surface area contributed by atoms with Gasteiger partial charge in [-0.3, -0.25) is 4.79 Å². The number of anilines is 1. The summed E-state index contributed by atoms with van der Waals surface area (Å²) in [6, 6.07) is 43.0. The van der Waals surface area contributed by atoms with E-state index in [2.05, 4.69) is 88.9 Å². The van der Waals surface area contributed by atoms with Gasteiger partial charge in [0.2, 0.25) is 0 Å². The van der Waals surface area contributed by atoms with Crippen LogP contribution in [0.25, 0.3) is 45.0 Å². The molecule has 3 aliphatic carbocycles. The normalized spacial score (nSPS) is 19.2. The number of carbonyl (C=O) groups excluding carboxylic acids is 1. The molecule has 2 unspecified atom stereocenters. The van der Waals surface area contributed by atoms with Gasteiger partial charge in [0.25, 0.3) is 0 Å². The molecule has 9 nitrogen and oxygen atoms in total. The molecule has 0 aliphatic heterocycles. The van der Waals surface area contributed by atoms with Crippen LogP contribution in [0.2, 0.25) is 5.15 Å². The maximum absolute atomic E-state index is 13.3. The van der Waals surface area contributed by atoms with Crippen molar-refractivity contribution in [3.05, 3.63) is 162 Å². The van der Waals surface area contributed by atoms with E-state index in [1.54, 1.807) is 6.20 Å². The van der Waals surface area contributed by atoms with Gasteiger partial charge >= 0.3 is 5.97 Å². The Morgan fingerprint density at radius 1 is 0.789 bits per heavy atom. The summed E-state index contributed by atoms with van der Waals surface area (Å²) in [5.74, 6) is 1.70. The molecule has 0 radical (unpaired) electrons. The van der Waals surface area contributed by atoms with E-state index in [1.165, 1.54) is 7.11 Å². The zero-order chi connectivity index (χ0) is 38.5. The van der Waals surface area contributed by atoms with Gasteiger partial charge in [-0.25, -0.2) is 19.9 Å². The Morgan fingerprint density at radius 3 is 2.04 bits per heavy atom. The molecule has 3 saturated carbocycles. The lowest BCUT2D eigenvalue weighted by atomic mass is 9.61. The molecule has 8 aromatic rings. The first-order valence-electron chi connectivity index (χ1n) is 19.4. The van der Waals surface area contributed by atoms with Crippen molar-refractivity contribution in [2.24, 2.45) is 17.8 Å². The van der Waals surface area contributed by atoms with Crippen LogP contribution in [0.15, 0.2) is 144 Å². The highest BCUT2D eigenvalue weighted by molar-refractivity contribution is 6.29. The van der Waals surface area contributed by atoms with Gasteiger partial charge in [0.1, 0.15) is 33.3 Å². The molecule has 4 aromatic carbocycles. The number of nitrogens with zero attached hydrogens (tertiary/aromatic N) is 5. The zero-order valence-electron chi connectivity index (χ0n) is 31.3. The lowest BCUT2D eigenvalue weighted by Gasteiger charge is -2.47. The standard InChI is InChI=1S/C47H39ClN6O3/c1-56-46(55)41-29-21-23-30(24-22-29)42(41)52-40-26-36(38-25-31-13-11-12-20-37(31)57-38)50-44(53-40)35-28-54(45-43(35)51-39(48)27-49-45)47(32-14-5-2-6-15-32,33-16-7-3-8-17-33)34-18-9-4-10-19-34/h2-20,25-30,41-42H,21-24H2,1H3,(H,50,52,53). The first kappa shape index (κ1) is 35.1. The number of rotatable bonds is 9. The number of esters is 1. The first-order valence-corrected chi connectivity index (χ1v) is 19.8. The van der Waals surface area contributed by atoms with Crippen molar-refractivity contribution in [3.63, 3.8) is 0 Å². The average molecular weight is 771 g/mol. The van der Waals surface area contributed by atoms with Crippen LogP contribution in [0.4, 0.5) is 5.82 Å². The van der Waals surface area contributed by atoms with Crippen molar-refractivity contribution >= 4 is 45.5 Å². The number of furan rings is 1.